The molecular formula is C16H26IN5S. The Hall–Kier alpha value is -1.09. The van der Waals surface area contributed by atoms with E-state index < -0.39 is 0 Å². The number of guanidine groups is 1. The lowest BCUT2D eigenvalue weighted by Gasteiger charge is -2.11. The minimum atomic E-state index is 0. The summed E-state index contributed by atoms with van der Waals surface area (Å²) in [5, 5.41) is 7.86. The van der Waals surface area contributed by atoms with Crippen LogP contribution >= 0.6 is 35.3 Å². The van der Waals surface area contributed by atoms with Gasteiger partial charge in [0.15, 0.2) is 5.96 Å². The SMILES string of the molecule is CCc1nc(CCNC(=NC)NCCn2cccc2)sc1C.I. The number of nitrogens with one attached hydrogen (secondary N) is 2. The average molecular weight is 447 g/mol. The Morgan fingerprint density at radius 2 is 1.96 bits per heavy atom. The summed E-state index contributed by atoms with van der Waals surface area (Å²) in [6.07, 6.45) is 6.07. The molecule has 0 aliphatic rings. The minimum Gasteiger partial charge on any atom is -0.356 e. The number of rotatable bonds is 7. The number of aromatic nitrogens is 2. The molecule has 0 fully saturated rings. The van der Waals surface area contributed by atoms with Crippen LogP contribution in [0.2, 0.25) is 0 Å². The second-order valence-electron chi connectivity index (χ2n) is 5.06. The third-order valence-corrected chi connectivity index (χ3v) is 4.53. The molecule has 0 saturated carbocycles. The predicted molar refractivity (Wildman–Crippen MR) is 109 cm³/mol. The number of nitrogens with zero attached hydrogens (tertiary/aromatic N) is 3. The predicted octanol–water partition coefficient (Wildman–Crippen LogP) is 2.84. The van der Waals surface area contributed by atoms with Gasteiger partial charge in [0.25, 0.3) is 0 Å². The second-order valence-corrected chi connectivity index (χ2v) is 6.35. The maximum atomic E-state index is 4.66. The van der Waals surface area contributed by atoms with Gasteiger partial charge in [0.1, 0.15) is 0 Å². The number of aryl methyl sites for hydroxylation is 2. The summed E-state index contributed by atoms with van der Waals surface area (Å²) in [6, 6.07) is 4.07. The summed E-state index contributed by atoms with van der Waals surface area (Å²) in [6.45, 7) is 6.93. The zero-order valence-corrected chi connectivity index (χ0v) is 17.1. The van der Waals surface area contributed by atoms with Crippen LogP contribution in [0.25, 0.3) is 0 Å². The van der Waals surface area contributed by atoms with Gasteiger partial charge in [-0.1, -0.05) is 6.92 Å². The Balaban J connectivity index is 0.00000264. The molecule has 2 rings (SSSR count). The zero-order chi connectivity index (χ0) is 15.8. The van der Waals surface area contributed by atoms with Crippen molar-refractivity contribution in [1.29, 1.82) is 0 Å². The van der Waals surface area contributed by atoms with E-state index in [0.29, 0.717) is 0 Å². The fourth-order valence-electron chi connectivity index (χ4n) is 2.25. The molecule has 0 spiro atoms. The highest BCUT2D eigenvalue weighted by Gasteiger charge is 2.06. The van der Waals surface area contributed by atoms with Gasteiger partial charge in [-0.15, -0.1) is 35.3 Å². The first-order chi connectivity index (χ1) is 10.7. The summed E-state index contributed by atoms with van der Waals surface area (Å²) in [4.78, 5) is 10.2. The van der Waals surface area contributed by atoms with E-state index in [1.165, 1.54) is 15.6 Å². The summed E-state index contributed by atoms with van der Waals surface area (Å²) < 4.78 is 2.14. The van der Waals surface area contributed by atoms with Crippen molar-refractivity contribution >= 4 is 41.3 Å². The van der Waals surface area contributed by atoms with Crippen molar-refractivity contribution in [1.82, 2.24) is 20.2 Å². The Morgan fingerprint density at radius 3 is 2.57 bits per heavy atom. The van der Waals surface area contributed by atoms with Gasteiger partial charge in [-0.05, 0) is 25.5 Å². The summed E-state index contributed by atoms with van der Waals surface area (Å²) in [7, 11) is 1.80. The standard InChI is InChI=1S/C16H25N5S.HI/c1-4-14-13(2)22-15(20-14)7-8-18-16(17-3)19-9-12-21-10-5-6-11-21;/h5-6,10-11H,4,7-9,12H2,1-3H3,(H2,17,18,19);1H. The average Bonchev–Trinajstić information content (AvgIpc) is 3.15. The largest absolute Gasteiger partial charge is 0.356 e. The molecule has 0 aliphatic carbocycles. The maximum Gasteiger partial charge on any atom is 0.191 e. The normalized spacial score (nSPS) is 11.2. The van der Waals surface area contributed by atoms with Crippen molar-refractivity contribution in [3.05, 3.63) is 40.1 Å². The lowest BCUT2D eigenvalue weighted by Crippen LogP contribution is -2.39. The van der Waals surface area contributed by atoms with E-state index >= 15 is 0 Å². The zero-order valence-electron chi connectivity index (χ0n) is 14.0. The van der Waals surface area contributed by atoms with Crippen molar-refractivity contribution in [2.45, 2.75) is 33.2 Å². The molecule has 0 atom stereocenters. The van der Waals surface area contributed by atoms with Crippen LogP contribution in [0.3, 0.4) is 0 Å². The fraction of sp³-hybridized carbons (Fsp3) is 0.500. The van der Waals surface area contributed by atoms with E-state index in [0.717, 1.165) is 38.4 Å². The Kier molecular flexibility index (Phi) is 9.23. The number of aliphatic imine (C=N–C) groups is 1. The highest BCUT2D eigenvalue weighted by molar-refractivity contribution is 14.0. The molecule has 0 unspecified atom stereocenters. The van der Waals surface area contributed by atoms with Crippen molar-refractivity contribution < 1.29 is 0 Å². The van der Waals surface area contributed by atoms with Crippen LogP contribution in [-0.2, 0) is 19.4 Å². The molecule has 0 amide bonds. The molecule has 0 bridgehead atoms. The third-order valence-electron chi connectivity index (χ3n) is 3.46. The minimum absolute atomic E-state index is 0. The van der Waals surface area contributed by atoms with Crippen LogP contribution in [0, 0.1) is 6.92 Å². The third kappa shape index (κ3) is 6.50. The molecule has 0 aliphatic heterocycles. The van der Waals surface area contributed by atoms with Crippen LogP contribution in [-0.4, -0.2) is 35.6 Å². The topological polar surface area (TPSA) is 54.2 Å². The van der Waals surface area contributed by atoms with E-state index in [1.54, 1.807) is 18.4 Å². The molecule has 128 valence electrons. The molecule has 23 heavy (non-hydrogen) atoms. The fourth-order valence-corrected chi connectivity index (χ4v) is 3.27. The van der Waals surface area contributed by atoms with Crippen LogP contribution in [0.1, 0.15) is 22.5 Å². The summed E-state index contributed by atoms with van der Waals surface area (Å²) >= 11 is 1.80. The van der Waals surface area contributed by atoms with Crippen LogP contribution < -0.4 is 10.6 Å². The molecule has 2 heterocycles. The lowest BCUT2D eigenvalue weighted by molar-refractivity contribution is 0.665. The number of hydrogen-bond donors (Lipinski definition) is 2. The molecule has 0 radical (unpaired) electrons. The van der Waals surface area contributed by atoms with Crippen molar-refractivity contribution in [3.8, 4) is 0 Å². The molecule has 0 saturated heterocycles. The first kappa shape index (κ1) is 20.0. The molecule has 7 heteroatoms. The molecule has 2 aromatic rings. The van der Waals surface area contributed by atoms with E-state index in [4.69, 9.17) is 0 Å². The van der Waals surface area contributed by atoms with Crippen molar-refractivity contribution in [2.24, 2.45) is 4.99 Å². The summed E-state index contributed by atoms with van der Waals surface area (Å²) in [5.41, 5.74) is 1.23. The highest BCUT2D eigenvalue weighted by atomic mass is 127. The van der Waals surface area contributed by atoms with Gasteiger partial charge < -0.3 is 15.2 Å². The molecule has 0 aromatic carbocycles. The summed E-state index contributed by atoms with van der Waals surface area (Å²) in [5.74, 6) is 0.844. The number of hydrogen-bond acceptors (Lipinski definition) is 3. The van der Waals surface area contributed by atoms with Gasteiger partial charge in [0.05, 0.1) is 10.7 Å². The van der Waals surface area contributed by atoms with Gasteiger partial charge in [-0.3, -0.25) is 4.99 Å². The Bertz CT molecular complexity index is 592. The monoisotopic (exact) mass is 447 g/mol. The smallest absolute Gasteiger partial charge is 0.191 e. The van der Waals surface area contributed by atoms with Gasteiger partial charge in [-0.2, -0.15) is 0 Å². The van der Waals surface area contributed by atoms with Crippen molar-refractivity contribution in [2.75, 3.05) is 20.1 Å². The molecule has 2 N–H and O–H groups in total. The lowest BCUT2D eigenvalue weighted by atomic mass is 10.3. The molecule has 2 aromatic heterocycles. The van der Waals surface area contributed by atoms with Gasteiger partial charge in [0, 0.05) is 50.4 Å². The number of thiazole rings is 1. The van der Waals surface area contributed by atoms with Gasteiger partial charge >= 0.3 is 0 Å². The van der Waals surface area contributed by atoms with E-state index in [1.807, 2.05) is 12.1 Å². The van der Waals surface area contributed by atoms with Crippen LogP contribution in [0.5, 0.6) is 0 Å². The van der Waals surface area contributed by atoms with Crippen LogP contribution in [0.4, 0.5) is 0 Å². The second kappa shape index (κ2) is 10.6. The Labute approximate surface area is 159 Å². The van der Waals surface area contributed by atoms with E-state index in [9.17, 15) is 0 Å². The number of halogens is 1. The molecule has 5 nitrogen and oxygen atoms in total. The first-order valence-electron chi connectivity index (χ1n) is 7.73. The van der Waals surface area contributed by atoms with Crippen molar-refractivity contribution in [3.63, 3.8) is 0 Å². The quantitative estimate of drug-likeness (QED) is 0.390. The van der Waals surface area contributed by atoms with Gasteiger partial charge in [-0.25, -0.2) is 4.98 Å². The van der Waals surface area contributed by atoms with Gasteiger partial charge in [0.2, 0.25) is 0 Å². The maximum absolute atomic E-state index is 4.66. The van der Waals surface area contributed by atoms with Crippen LogP contribution in [0.15, 0.2) is 29.5 Å². The van der Waals surface area contributed by atoms with E-state index in [2.05, 4.69) is 51.4 Å². The highest BCUT2D eigenvalue weighted by Crippen LogP contribution is 2.17. The van der Waals surface area contributed by atoms with E-state index in [-0.39, 0.29) is 24.0 Å². The Morgan fingerprint density at radius 1 is 1.26 bits per heavy atom. The first-order valence-corrected chi connectivity index (χ1v) is 8.55. The molecular weight excluding hydrogens is 421 g/mol.